The number of benzene rings is 1. The van der Waals surface area contributed by atoms with Gasteiger partial charge >= 0.3 is 5.97 Å². The number of nitrogens with one attached hydrogen (secondary N) is 2. The van der Waals surface area contributed by atoms with E-state index in [0.717, 1.165) is 5.56 Å². The Kier molecular flexibility index (Phi) is 5.17. The van der Waals surface area contributed by atoms with E-state index in [-0.39, 0.29) is 12.5 Å². The van der Waals surface area contributed by atoms with Crippen molar-refractivity contribution in [2.45, 2.75) is 13.8 Å². The van der Waals surface area contributed by atoms with Crippen molar-refractivity contribution in [1.29, 1.82) is 0 Å². The van der Waals surface area contributed by atoms with Gasteiger partial charge in [-0.25, -0.2) is 4.79 Å². The molecule has 1 aromatic carbocycles. The van der Waals surface area contributed by atoms with Crippen LogP contribution in [0.15, 0.2) is 12.1 Å². The number of rotatable bonds is 5. The quantitative estimate of drug-likeness (QED) is 0.543. The van der Waals surface area contributed by atoms with Crippen LogP contribution in [0.3, 0.4) is 0 Å². The molecule has 6 heteroatoms. The predicted molar refractivity (Wildman–Crippen MR) is 74.1 cm³/mol. The second-order valence-corrected chi connectivity index (χ2v) is 4.05. The summed E-state index contributed by atoms with van der Waals surface area (Å²) in [5, 5.41) is 5.61. The van der Waals surface area contributed by atoms with Crippen molar-refractivity contribution in [3.63, 3.8) is 0 Å². The molecule has 104 valence electrons. The van der Waals surface area contributed by atoms with Crippen molar-refractivity contribution in [1.82, 2.24) is 5.32 Å². The summed E-state index contributed by atoms with van der Waals surface area (Å²) in [6, 6.07) is 3.36. The van der Waals surface area contributed by atoms with Gasteiger partial charge in [-0.1, -0.05) is 0 Å². The molecule has 0 spiro atoms. The van der Waals surface area contributed by atoms with Crippen LogP contribution >= 0.6 is 0 Å². The number of hydrogen-bond acceptors (Lipinski definition) is 5. The minimum atomic E-state index is -0.498. The molecule has 6 nitrogen and oxygen atoms in total. The standard InChI is InChI=1S/C13H19N3O3/c1-4-15-11(17)7-16-9-5-8(2)12(14)10(6-9)13(18)19-3/h5-6,16H,4,7,14H2,1-3H3,(H,15,17). The summed E-state index contributed by atoms with van der Waals surface area (Å²) in [6.45, 7) is 4.35. The first-order chi connectivity index (χ1) is 8.99. The summed E-state index contributed by atoms with van der Waals surface area (Å²) in [7, 11) is 1.30. The van der Waals surface area contributed by atoms with Gasteiger partial charge in [-0.05, 0) is 31.5 Å². The van der Waals surface area contributed by atoms with E-state index in [1.165, 1.54) is 7.11 Å². The third-order valence-electron chi connectivity index (χ3n) is 2.62. The normalized spacial score (nSPS) is 9.84. The summed E-state index contributed by atoms with van der Waals surface area (Å²) < 4.78 is 4.67. The molecule has 0 radical (unpaired) electrons. The number of carbonyl (C=O) groups excluding carboxylic acids is 2. The number of esters is 1. The fourth-order valence-corrected chi connectivity index (χ4v) is 1.62. The Labute approximate surface area is 112 Å². The molecule has 1 aromatic rings. The van der Waals surface area contributed by atoms with E-state index in [9.17, 15) is 9.59 Å². The average Bonchev–Trinajstić information content (AvgIpc) is 2.39. The first kappa shape index (κ1) is 14.8. The minimum Gasteiger partial charge on any atom is -0.465 e. The van der Waals surface area contributed by atoms with Gasteiger partial charge in [0.25, 0.3) is 0 Å². The predicted octanol–water partition coefficient (Wildman–Crippen LogP) is 0.912. The van der Waals surface area contributed by atoms with E-state index >= 15 is 0 Å². The van der Waals surface area contributed by atoms with Crippen molar-refractivity contribution in [3.05, 3.63) is 23.3 Å². The van der Waals surface area contributed by atoms with Crippen LogP contribution in [-0.2, 0) is 9.53 Å². The Morgan fingerprint density at radius 2 is 2.05 bits per heavy atom. The molecule has 1 rings (SSSR count). The summed E-state index contributed by atoms with van der Waals surface area (Å²) in [4.78, 5) is 22.9. The second-order valence-electron chi connectivity index (χ2n) is 4.05. The zero-order chi connectivity index (χ0) is 14.4. The number of aryl methyl sites for hydroxylation is 1. The number of amides is 1. The van der Waals surface area contributed by atoms with Crippen LogP contribution < -0.4 is 16.4 Å². The minimum absolute atomic E-state index is 0.114. The molecular formula is C13H19N3O3. The molecule has 0 unspecified atom stereocenters. The van der Waals surface area contributed by atoms with Gasteiger partial charge in [-0.3, -0.25) is 4.79 Å². The van der Waals surface area contributed by atoms with Gasteiger partial charge in [-0.2, -0.15) is 0 Å². The summed E-state index contributed by atoms with van der Waals surface area (Å²) in [5.41, 5.74) is 7.90. The van der Waals surface area contributed by atoms with E-state index in [2.05, 4.69) is 15.4 Å². The molecule has 0 aliphatic heterocycles. The molecule has 0 fully saturated rings. The van der Waals surface area contributed by atoms with Crippen LogP contribution in [0.2, 0.25) is 0 Å². The van der Waals surface area contributed by atoms with E-state index in [1.807, 2.05) is 6.92 Å². The highest BCUT2D eigenvalue weighted by atomic mass is 16.5. The number of nitrogens with two attached hydrogens (primary N) is 1. The van der Waals surface area contributed by atoms with Crippen LogP contribution in [0.1, 0.15) is 22.8 Å². The molecule has 0 aliphatic carbocycles. The monoisotopic (exact) mass is 265 g/mol. The van der Waals surface area contributed by atoms with Gasteiger partial charge in [-0.15, -0.1) is 0 Å². The van der Waals surface area contributed by atoms with Gasteiger partial charge in [0.1, 0.15) is 0 Å². The molecule has 0 saturated carbocycles. The van der Waals surface area contributed by atoms with Gasteiger partial charge in [0, 0.05) is 17.9 Å². The lowest BCUT2D eigenvalue weighted by molar-refractivity contribution is -0.119. The lowest BCUT2D eigenvalue weighted by Gasteiger charge is -2.12. The Morgan fingerprint density at radius 3 is 2.63 bits per heavy atom. The first-order valence-corrected chi connectivity index (χ1v) is 5.98. The number of methoxy groups -OCH3 is 1. The van der Waals surface area contributed by atoms with Crippen LogP contribution in [0.5, 0.6) is 0 Å². The number of carbonyl (C=O) groups is 2. The van der Waals surface area contributed by atoms with Crippen molar-refractivity contribution < 1.29 is 14.3 Å². The highest BCUT2D eigenvalue weighted by molar-refractivity contribution is 5.97. The molecule has 4 N–H and O–H groups in total. The Hall–Kier alpha value is -2.24. The van der Waals surface area contributed by atoms with E-state index in [4.69, 9.17) is 5.73 Å². The van der Waals surface area contributed by atoms with Gasteiger partial charge < -0.3 is 21.1 Å². The number of ether oxygens (including phenoxy) is 1. The Bertz CT molecular complexity index is 486. The zero-order valence-corrected chi connectivity index (χ0v) is 11.4. The zero-order valence-electron chi connectivity index (χ0n) is 11.4. The number of nitrogen functional groups attached to an aromatic ring is 1. The van der Waals surface area contributed by atoms with E-state index in [1.54, 1.807) is 19.1 Å². The van der Waals surface area contributed by atoms with Crippen LogP contribution in [0, 0.1) is 6.92 Å². The van der Waals surface area contributed by atoms with E-state index in [0.29, 0.717) is 23.5 Å². The molecule has 0 aromatic heterocycles. The van der Waals surface area contributed by atoms with Crippen molar-refractivity contribution in [2.75, 3.05) is 31.2 Å². The lowest BCUT2D eigenvalue weighted by Crippen LogP contribution is -2.29. The van der Waals surface area contributed by atoms with E-state index < -0.39 is 5.97 Å². The third-order valence-corrected chi connectivity index (χ3v) is 2.62. The second kappa shape index (κ2) is 6.63. The molecule has 0 aliphatic rings. The van der Waals surface area contributed by atoms with Gasteiger partial charge in [0.05, 0.1) is 19.2 Å². The van der Waals surface area contributed by atoms with Gasteiger partial charge in [0.15, 0.2) is 0 Å². The highest BCUT2D eigenvalue weighted by Crippen LogP contribution is 2.23. The molecule has 19 heavy (non-hydrogen) atoms. The summed E-state index contributed by atoms with van der Waals surface area (Å²) >= 11 is 0. The lowest BCUT2D eigenvalue weighted by atomic mass is 10.1. The molecule has 0 heterocycles. The fourth-order valence-electron chi connectivity index (χ4n) is 1.62. The smallest absolute Gasteiger partial charge is 0.340 e. The molecule has 0 atom stereocenters. The summed E-state index contributed by atoms with van der Waals surface area (Å²) in [6.07, 6.45) is 0. The van der Waals surface area contributed by atoms with Crippen molar-refractivity contribution in [2.24, 2.45) is 0 Å². The maximum Gasteiger partial charge on any atom is 0.340 e. The highest BCUT2D eigenvalue weighted by Gasteiger charge is 2.13. The van der Waals surface area contributed by atoms with Crippen LogP contribution in [0.4, 0.5) is 11.4 Å². The molecule has 1 amide bonds. The largest absolute Gasteiger partial charge is 0.465 e. The number of anilines is 2. The molecular weight excluding hydrogens is 246 g/mol. The summed E-state index contributed by atoms with van der Waals surface area (Å²) in [5.74, 6) is -0.612. The Balaban J connectivity index is 2.88. The topological polar surface area (TPSA) is 93.5 Å². The maximum absolute atomic E-state index is 11.6. The first-order valence-electron chi connectivity index (χ1n) is 5.98. The number of likely N-dealkylation sites (N-methyl/N-ethyl adjacent to an activating group) is 1. The fraction of sp³-hybridized carbons (Fsp3) is 0.385. The van der Waals surface area contributed by atoms with Crippen molar-refractivity contribution in [3.8, 4) is 0 Å². The maximum atomic E-state index is 11.6. The van der Waals surface area contributed by atoms with Gasteiger partial charge in [0.2, 0.25) is 5.91 Å². The van der Waals surface area contributed by atoms with Crippen molar-refractivity contribution >= 4 is 23.3 Å². The Morgan fingerprint density at radius 1 is 1.37 bits per heavy atom. The molecule has 0 saturated heterocycles. The number of hydrogen-bond donors (Lipinski definition) is 3. The van der Waals surface area contributed by atoms with Crippen LogP contribution in [-0.4, -0.2) is 32.1 Å². The third kappa shape index (κ3) is 3.87. The molecule has 0 bridgehead atoms. The van der Waals surface area contributed by atoms with Crippen LogP contribution in [0.25, 0.3) is 0 Å². The average molecular weight is 265 g/mol. The SMILES string of the molecule is CCNC(=O)CNc1cc(C)c(N)c(C(=O)OC)c1.